The summed E-state index contributed by atoms with van der Waals surface area (Å²) >= 11 is 0. The van der Waals surface area contributed by atoms with Crippen LogP contribution in [0.3, 0.4) is 0 Å². The quantitative estimate of drug-likeness (QED) is 0.493. The summed E-state index contributed by atoms with van der Waals surface area (Å²) in [6.07, 6.45) is 0.109. The predicted molar refractivity (Wildman–Crippen MR) is 109 cm³/mol. The van der Waals surface area contributed by atoms with Crippen LogP contribution in [0.4, 0.5) is 0 Å². The van der Waals surface area contributed by atoms with Gasteiger partial charge >= 0.3 is 5.97 Å². The second-order valence-corrected chi connectivity index (χ2v) is 6.57. The molecule has 1 heterocycles. The summed E-state index contributed by atoms with van der Waals surface area (Å²) in [5.41, 5.74) is 1.05. The SMILES string of the molecule is N#CCn1c(COC(=O)Cc2cccc3ccccc23)nc2ccccc2c1=O. The number of hydrogen-bond acceptors (Lipinski definition) is 5. The molecule has 6 nitrogen and oxygen atoms in total. The van der Waals surface area contributed by atoms with Crippen molar-refractivity contribution >= 4 is 27.6 Å². The van der Waals surface area contributed by atoms with E-state index in [9.17, 15) is 9.59 Å². The first-order chi connectivity index (χ1) is 14.2. The minimum atomic E-state index is -0.424. The fourth-order valence-corrected chi connectivity index (χ4v) is 3.36. The van der Waals surface area contributed by atoms with Crippen LogP contribution in [0.15, 0.2) is 71.5 Å². The topological polar surface area (TPSA) is 85.0 Å². The van der Waals surface area contributed by atoms with Gasteiger partial charge in [0.2, 0.25) is 0 Å². The molecule has 29 heavy (non-hydrogen) atoms. The summed E-state index contributed by atoms with van der Waals surface area (Å²) in [4.78, 5) is 29.5. The van der Waals surface area contributed by atoms with Gasteiger partial charge in [0, 0.05) is 0 Å². The number of carbonyl (C=O) groups is 1. The van der Waals surface area contributed by atoms with E-state index in [0.717, 1.165) is 16.3 Å². The Morgan fingerprint density at radius 2 is 1.72 bits per heavy atom. The predicted octanol–water partition coefficient (Wildman–Crippen LogP) is 3.36. The van der Waals surface area contributed by atoms with Crippen molar-refractivity contribution in [3.05, 3.63) is 88.5 Å². The van der Waals surface area contributed by atoms with E-state index in [1.807, 2.05) is 48.5 Å². The first-order valence-electron chi connectivity index (χ1n) is 9.15. The summed E-state index contributed by atoms with van der Waals surface area (Å²) in [5, 5.41) is 11.5. The summed E-state index contributed by atoms with van der Waals surface area (Å²) < 4.78 is 6.64. The number of fused-ring (bicyclic) bond motifs is 2. The molecule has 142 valence electrons. The largest absolute Gasteiger partial charge is 0.457 e. The van der Waals surface area contributed by atoms with Crippen LogP contribution in [0.25, 0.3) is 21.7 Å². The van der Waals surface area contributed by atoms with Gasteiger partial charge in [0.1, 0.15) is 13.2 Å². The van der Waals surface area contributed by atoms with E-state index in [0.29, 0.717) is 10.9 Å². The number of esters is 1. The zero-order chi connectivity index (χ0) is 20.2. The van der Waals surface area contributed by atoms with E-state index in [4.69, 9.17) is 10.00 Å². The monoisotopic (exact) mass is 383 g/mol. The Morgan fingerprint density at radius 1 is 1.00 bits per heavy atom. The molecule has 0 spiro atoms. The van der Waals surface area contributed by atoms with Crippen molar-refractivity contribution in [2.75, 3.05) is 0 Å². The Labute approximate surface area is 166 Å². The van der Waals surface area contributed by atoms with E-state index in [1.165, 1.54) is 4.57 Å². The maximum Gasteiger partial charge on any atom is 0.310 e. The van der Waals surface area contributed by atoms with Crippen LogP contribution in [0, 0.1) is 11.3 Å². The molecule has 0 radical (unpaired) electrons. The van der Waals surface area contributed by atoms with Crippen molar-refractivity contribution in [2.45, 2.75) is 19.6 Å². The van der Waals surface area contributed by atoms with Crippen LogP contribution in [-0.2, 0) is 29.1 Å². The highest BCUT2D eigenvalue weighted by atomic mass is 16.5. The number of benzene rings is 3. The molecule has 0 saturated heterocycles. The molecule has 0 bridgehead atoms. The van der Waals surface area contributed by atoms with Gasteiger partial charge in [-0.1, -0.05) is 54.6 Å². The molecular weight excluding hydrogens is 366 g/mol. The molecule has 4 aromatic rings. The molecule has 0 atom stereocenters. The van der Waals surface area contributed by atoms with Gasteiger partial charge < -0.3 is 4.74 Å². The number of aromatic nitrogens is 2. The lowest BCUT2D eigenvalue weighted by Gasteiger charge is -2.12. The van der Waals surface area contributed by atoms with Gasteiger partial charge in [0.15, 0.2) is 5.82 Å². The molecule has 0 aliphatic carbocycles. The molecule has 0 unspecified atom stereocenters. The molecule has 0 N–H and O–H groups in total. The van der Waals surface area contributed by atoms with Crippen LogP contribution >= 0.6 is 0 Å². The second-order valence-electron chi connectivity index (χ2n) is 6.57. The van der Waals surface area contributed by atoms with Gasteiger partial charge in [-0.05, 0) is 28.5 Å². The lowest BCUT2D eigenvalue weighted by molar-refractivity contribution is -0.144. The van der Waals surface area contributed by atoms with Crippen molar-refractivity contribution < 1.29 is 9.53 Å². The molecule has 0 aliphatic rings. The third-order valence-electron chi connectivity index (χ3n) is 4.75. The highest BCUT2D eigenvalue weighted by Gasteiger charge is 2.14. The van der Waals surface area contributed by atoms with Crippen LogP contribution in [0.5, 0.6) is 0 Å². The highest BCUT2D eigenvalue weighted by molar-refractivity contribution is 5.89. The van der Waals surface area contributed by atoms with Gasteiger partial charge in [0.25, 0.3) is 5.56 Å². The number of ether oxygens (including phenoxy) is 1. The Kier molecular flexibility index (Phi) is 5.04. The smallest absolute Gasteiger partial charge is 0.310 e. The fourth-order valence-electron chi connectivity index (χ4n) is 3.36. The van der Waals surface area contributed by atoms with E-state index >= 15 is 0 Å². The third-order valence-corrected chi connectivity index (χ3v) is 4.75. The number of nitriles is 1. The van der Waals surface area contributed by atoms with Crippen LogP contribution in [-0.4, -0.2) is 15.5 Å². The van der Waals surface area contributed by atoms with E-state index < -0.39 is 5.97 Å². The van der Waals surface area contributed by atoms with Gasteiger partial charge in [-0.15, -0.1) is 0 Å². The minimum absolute atomic E-state index is 0.109. The maximum absolute atomic E-state index is 12.7. The second kappa shape index (κ2) is 7.95. The lowest BCUT2D eigenvalue weighted by Crippen LogP contribution is -2.26. The number of para-hydroxylation sites is 1. The molecule has 0 amide bonds. The van der Waals surface area contributed by atoms with Gasteiger partial charge in [0.05, 0.1) is 23.4 Å². The summed E-state index contributed by atoms with van der Waals surface area (Å²) in [7, 11) is 0. The fraction of sp³-hybridized carbons (Fsp3) is 0.130. The summed E-state index contributed by atoms with van der Waals surface area (Å²) in [6, 6.07) is 22.5. The molecule has 0 aliphatic heterocycles. The molecule has 1 aromatic heterocycles. The normalized spacial score (nSPS) is 10.7. The Balaban J connectivity index is 1.58. The average molecular weight is 383 g/mol. The van der Waals surface area contributed by atoms with E-state index in [2.05, 4.69) is 4.98 Å². The van der Waals surface area contributed by atoms with Gasteiger partial charge in [-0.2, -0.15) is 5.26 Å². The standard InChI is InChI=1S/C23H17N3O3/c24-12-13-26-21(25-20-11-4-3-10-19(20)23(26)28)15-29-22(27)14-17-8-5-7-16-6-1-2-9-18(16)17/h1-11H,13-15H2. The third kappa shape index (κ3) is 3.71. The van der Waals surface area contributed by atoms with E-state index in [1.54, 1.807) is 24.3 Å². The lowest BCUT2D eigenvalue weighted by atomic mass is 10.0. The molecule has 6 heteroatoms. The molecule has 0 saturated carbocycles. The van der Waals surface area contributed by atoms with Gasteiger partial charge in [-0.25, -0.2) is 4.98 Å². The first-order valence-corrected chi connectivity index (χ1v) is 9.15. The zero-order valence-corrected chi connectivity index (χ0v) is 15.5. The Hall–Kier alpha value is -3.98. The average Bonchev–Trinajstić information content (AvgIpc) is 2.75. The van der Waals surface area contributed by atoms with Crippen molar-refractivity contribution in [3.63, 3.8) is 0 Å². The molecule has 4 rings (SSSR count). The minimum Gasteiger partial charge on any atom is -0.457 e. The van der Waals surface area contributed by atoms with Crippen molar-refractivity contribution in [2.24, 2.45) is 0 Å². The number of nitrogens with zero attached hydrogens (tertiary/aromatic N) is 3. The number of rotatable bonds is 5. The number of hydrogen-bond donors (Lipinski definition) is 0. The summed E-state index contributed by atoms with van der Waals surface area (Å²) in [6.45, 7) is -0.335. The number of carbonyl (C=O) groups excluding carboxylic acids is 1. The molecule has 0 fully saturated rings. The van der Waals surface area contributed by atoms with Crippen LogP contribution in [0.2, 0.25) is 0 Å². The highest BCUT2D eigenvalue weighted by Crippen LogP contribution is 2.19. The Bertz CT molecular complexity index is 1310. The van der Waals surface area contributed by atoms with Crippen LogP contribution in [0.1, 0.15) is 11.4 Å². The van der Waals surface area contributed by atoms with Crippen LogP contribution < -0.4 is 5.56 Å². The van der Waals surface area contributed by atoms with Crippen molar-refractivity contribution in [1.29, 1.82) is 5.26 Å². The maximum atomic E-state index is 12.7. The Morgan fingerprint density at radius 3 is 2.55 bits per heavy atom. The summed E-state index contributed by atoms with van der Waals surface area (Å²) in [5.74, 6) is -0.172. The van der Waals surface area contributed by atoms with Crippen molar-refractivity contribution in [3.8, 4) is 6.07 Å². The molecular formula is C23H17N3O3. The van der Waals surface area contributed by atoms with Crippen molar-refractivity contribution in [1.82, 2.24) is 9.55 Å². The molecule has 3 aromatic carbocycles. The van der Waals surface area contributed by atoms with E-state index in [-0.39, 0.29) is 31.0 Å². The zero-order valence-electron chi connectivity index (χ0n) is 15.5. The van der Waals surface area contributed by atoms with Gasteiger partial charge in [-0.3, -0.25) is 14.2 Å². The first kappa shape index (κ1) is 18.4.